The van der Waals surface area contributed by atoms with Gasteiger partial charge in [-0.15, -0.1) is 0 Å². The second kappa shape index (κ2) is 11.2. The lowest BCUT2D eigenvalue weighted by atomic mass is 9.43. The Morgan fingerprint density at radius 2 is 1.79 bits per heavy atom. The number of carbonyl (C=O) groups excluding carboxylic acids is 2. The van der Waals surface area contributed by atoms with Crippen LogP contribution in [-0.2, 0) is 9.53 Å². The van der Waals surface area contributed by atoms with Crippen LogP contribution in [0.25, 0.3) is 0 Å². The first-order valence-electron chi connectivity index (χ1n) is 11.6. The van der Waals surface area contributed by atoms with Crippen molar-refractivity contribution in [1.82, 2.24) is 9.80 Å². The predicted octanol–water partition coefficient (Wildman–Crippen LogP) is 2.79. The number of amides is 2. The Morgan fingerprint density at radius 1 is 1.15 bits per heavy atom. The van der Waals surface area contributed by atoms with Crippen LogP contribution >= 0.6 is 0 Å². The third kappa shape index (κ3) is 5.77. The van der Waals surface area contributed by atoms with Crippen LogP contribution in [-0.4, -0.2) is 81.3 Å². The van der Waals surface area contributed by atoms with Crippen molar-refractivity contribution in [2.75, 3.05) is 51.3 Å². The van der Waals surface area contributed by atoms with E-state index in [-0.39, 0.29) is 18.7 Å². The van der Waals surface area contributed by atoms with E-state index in [9.17, 15) is 14.9 Å². The summed E-state index contributed by atoms with van der Waals surface area (Å²) in [5.41, 5.74) is 1.40. The van der Waals surface area contributed by atoms with Gasteiger partial charge in [-0.2, -0.15) is 0 Å². The van der Waals surface area contributed by atoms with Crippen LogP contribution in [0.3, 0.4) is 0 Å². The largest absolute Gasteiger partial charge is 0.457 e. The summed E-state index contributed by atoms with van der Waals surface area (Å²) in [5, 5.41) is 9.27. The second-order valence-electron chi connectivity index (χ2n) is 8.77. The molecule has 0 bridgehead atoms. The summed E-state index contributed by atoms with van der Waals surface area (Å²) in [7, 11) is 2.04. The number of nitrogens with zero attached hydrogens (tertiary/aromatic N) is 4. The van der Waals surface area contributed by atoms with Crippen molar-refractivity contribution >= 4 is 24.7 Å². The number of hydrogen-bond acceptors (Lipinski definition) is 6. The maximum Gasteiger partial charge on any atom is 0.270 e. The summed E-state index contributed by atoms with van der Waals surface area (Å²) in [4.78, 5) is 30.1. The number of nitriles is 1. The van der Waals surface area contributed by atoms with Crippen LogP contribution in [0.4, 0.5) is 5.69 Å². The molecule has 0 aromatic heterocycles. The monoisotopic (exact) mass is 460 g/mol. The first kappa shape index (κ1) is 23.8. The van der Waals surface area contributed by atoms with Crippen molar-refractivity contribution in [1.29, 1.82) is 5.26 Å². The van der Waals surface area contributed by atoms with E-state index in [2.05, 4.69) is 10.9 Å². The molecule has 0 spiro atoms. The minimum absolute atomic E-state index is 0.00198. The number of rotatable bonds is 7. The Kier molecular flexibility index (Phi) is 7.83. The lowest BCUT2D eigenvalue weighted by Gasteiger charge is -2.36. The molecule has 0 radical (unpaired) electrons. The van der Waals surface area contributed by atoms with Gasteiger partial charge in [-0.3, -0.25) is 9.59 Å². The Morgan fingerprint density at radius 3 is 2.41 bits per heavy atom. The predicted molar refractivity (Wildman–Crippen MR) is 130 cm³/mol. The first-order valence-corrected chi connectivity index (χ1v) is 11.6. The number of likely N-dealkylation sites (N-methyl/N-ethyl adjacent to an activating group) is 1. The zero-order valence-corrected chi connectivity index (χ0v) is 19.4. The van der Waals surface area contributed by atoms with Gasteiger partial charge in [0.25, 0.3) is 12.6 Å². The molecule has 2 saturated heterocycles. The Bertz CT molecular complexity index is 1020. The number of benzene rings is 2. The van der Waals surface area contributed by atoms with Gasteiger partial charge in [0, 0.05) is 42.9 Å². The molecule has 4 rings (SSSR count). The van der Waals surface area contributed by atoms with E-state index in [1.807, 2.05) is 31.3 Å². The van der Waals surface area contributed by atoms with Crippen molar-refractivity contribution in [2.45, 2.75) is 18.7 Å². The van der Waals surface area contributed by atoms with Crippen molar-refractivity contribution < 1.29 is 19.1 Å². The van der Waals surface area contributed by atoms with Gasteiger partial charge in [0.2, 0.25) is 6.41 Å². The standard InChI is InChI=1S/C25H29BN4O4/c1-28-11-10-26(18-27)16-22(28)17-30(19-31)21-4-8-24(9-5-21)34-23-6-2-20(3-7-23)25(32)29-12-14-33-15-13-29/h2-9,19,22H,10-17H2,1H3. The number of carbonyl (C=O) groups is 2. The summed E-state index contributed by atoms with van der Waals surface area (Å²) < 4.78 is 11.2. The van der Waals surface area contributed by atoms with Crippen LogP contribution in [0, 0.1) is 11.2 Å². The number of morpholine rings is 1. The Balaban J connectivity index is 1.36. The van der Waals surface area contributed by atoms with E-state index >= 15 is 0 Å². The third-order valence-electron chi connectivity index (χ3n) is 6.53. The molecular formula is C25H29BN4O4. The maximum absolute atomic E-state index is 12.6. The quantitative estimate of drug-likeness (QED) is 0.467. The molecular weight excluding hydrogens is 431 g/mol. The average molecular weight is 460 g/mol. The van der Waals surface area contributed by atoms with Gasteiger partial charge in [0.05, 0.1) is 13.2 Å². The van der Waals surface area contributed by atoms with Crippen LogP contribution in [0.15, 0.2) is 48.5 Å². The summed E-state index contributed by atoms with van der Waals surface area (Å²) in [5.74, 6) is 3.63. The Labute approximate surface area is 200 Å². The van der Waals surface area contributed by atoms with Gasteiger partial charge in [-0.05, 0) is 74.8 Å². The highest BCUT2D eigenvalue weighted by atomic mass is 16.5. The third-order valence-corrected chi connectivity index (χ3v) is 6.53. The van der Waals surface area contributed by atoms with Crippen molar-refractivity contribution in [3.8, 4) is 17.5 Å². The topological polar surface area (TPSA) is 86.1 Å². The molecule has 2 aromatic rings. The van der Waals surface area contributed by atoms with E-state index in [4.69, 9.17) is 9.47 Å². The summed E-state index contributed by atoms with van der Waals surface area (Å²) >= 11 is 0. The highest BCUT2D eigenvalue weighted by Gasteiger charge is 2.30. The van der Waals surface area contributed by atoms with Gasteiger partial charge in [-0.25, -0.2) is 5.26 Å². The number of hydrogen-bond donors (Lipinski definition) is 0. The van der Waals surface area contributed by atoms with Gasteiger partial charge < -0.3 is 24.2 Å². The SMILES string of the molecule is CN1CCB(C#N)CC1CN(C=O)c1ccc(Oc2ccc(C(=O)N3CCOCC3)cc2)cc1. The average Bonchev–Trinajstić information content (AvgIpc) is 2.89. The van der Waals surface area contributed by atoms with Gasteiger partial charge >= 0.3 is 0 Å². The molecule has 2 heterocycles. The summed E-state index contributed by atoms with van der Waals surface area (Å²) in [6.45, 7) is 3.80. The van der Waals surface area contributed by atoms with Crippen LogP contribution in [0.1, 0.15) is 10.4 Å². The van der Waals surface area contributed by atoms with Gasteiger partial charge in [0.1, 0.15) is 11.5 Å². The van der Waals surface area contributed by atoms with E-state index in [0.717, 1.165) is 31.3 Å². The molecule has 0 saturated carbocycles. The molecule has 8 nitrogen and oxygen atoms in total. The molecule has 1 atom stereocenters. The highest BCUT2D eigenvalue weighted by molar-refractivity contribution is 6.67. The molecule has 2 aliphatic rings. The first-order chi connectivity index (χ1) is 16.6. The lowest BCUT2D eigenvalue weighted by molar-refractivity contribution is -0.107. The van der Waals surface area contributed by atoms with Crippen LogP contribution in [0.5, 0.6) is 11.5 Å². The summed E-state index contributed by atoms with van der Waals surface area (Å²) in [6, 6.07) is 14.6. The number of ether oxygens (including phenoxy) is 2. The number of anilines is 1. The van der Waals surface area contributed by atoms with Crippen LogP contribution < -0.4 is 9.64 Å². The molecule has 2 fully saturated rings. The fourth-order valence-electron chi connectivity index (χ4n) is 4.39. The van der Waals surface area contributed by atoms with Crippen LogP contribution in [0.2, 0.25) is 12.6 Å². The molecule has 2 amide bonds. The fraction of sp³-hybridized carbons (Fsp3) is 0.400. The highest BCUT2D eigenvalue weighted by Crippen LogP contribution is 2.26. The van der Waals surface area contributed by atoms with Crippen molar-refractivity contribution in [3.05, 3.63) is 54.1 Å². The van der Waals surface area contributed by atoms with E-state index in [0.29, 0.717) is 49.9 Å². The fourth-order valence-corrected chi connectivity index (χ4v) is 4.39. The lowest BCUT2D eigenvalue weighted by Crippen LogP contribution is -2.48. The summed E-state index contributed by atoms with van der Waals surface area (Å²) in [6.07, 6.45) is 2.48. The minimum atomic E-state index is -0.00198. The molecule has 1 unspecified atom stereocenters. The molecule has 2 aromatic carbocycles. The van der Waals surface area contributed by atoms with Gasteiger partial charge in [-0.1, -0.05) is 0 Å². The molecule has 2 aliphatic heterocycles. The molecule has 0 N–H and O–H groups in total. The van der Waals surface area contributed by atoms with Crippen molar-refractivity contribution in [2.24, 2.45) is 0 Å². The van der Waals surface area contributed by atoms with E-state index in [1.54, 1.807) is 34.1 Å². The van der Waals surface area contributed by atoms with E-state index in [1.165, 1.54) is 0 Å². The Hall–Kier alpha value is -3.35. The van der Waals surface area contributed by atoms with Gasteiger partial charge in [0.15, 0.2) is 0 Å². The second-order valence-corrected chi connectivity index (χ2v) is 8.77. The minimum Gasteiger partial charge on any atom is -0.457 e. The smallest absolute Gasteiger partial charge is 0.270 e. The zero-order valence-electron chi connectivity index (χ0n) is 19.4. The molecule has 34 heavy (non-hydrogen) atoms. The zero-order chi connectivity index (χ0) is 23.9. The molecule has 9 heteroatoms. The normalized spacial score (nSPS) is 18.8. The van der Waals surface area contributed by atoms with Crippen molar-refractivity contribution in [3.63, 3.8) is 0 Å². The molecule has 0 aliphatic carbocycles. The van der Waals surface area contributed by atoms with E-state index < -0.39 is 0 Å². The maximum atomic E-state index is 12.6. The molecule has 176 valence electrons.